The lowest BCUT2D eigenvalue weighted by Crippen LogP contribution is -2.48. The highest BCUT2D eigenvalue weighted by Crippen LogP contribution is 2.35. The number of hydrogen-bond donors (Lipinski definition) is 4. The molecule has 7 nitrogen and oxygen atoms in total. The van der Waals surface area contributed by atoms with E-state index in [1.165, 1.54) is 0 Å². The van der Waals surface area contributed by atoms with E-state index in [1.54, 1.807) is 4.90 Å². The number of carbonyl (C=O) groups is 2. The van der Waals surface area contributed by atoms with Crippen molar-refractivity contribution in [2.24, 2.45) is 0 Å². The third-order valence-electron chi connectivity index (χ3n) is 5.47. The molecule has 1 aromatic heterocycles. The number of nitrogens with zero attached hydrogens (tertiary/aromatic N) is 1. The number of amides is 3. The molecule has 148 valence electrons. The summed E-state index contributed by atoms with van der Waals surface area (Å²) in [6, 6.07) is 11.3. The number of carbonyl (C=O) groups excluding carboxylic acids is 2. The first-order chi connectivity index (χ1) is 14.1. The number of urea groups is 1. The molecule has 0 atom stereocenters. The first kappa shape index (κ1) is 18.0. The van der Waals surface area contributed by atoms with Crippen molar-refractivity contribution in [3.63, 3.8) is 0 Å². The molecule has 0 unspecified atom stereocenters. The van der Waals surface area contributed by atoms with Gasteiger partial charge in [-0.2, -0.15) is 0 Å². The van der Waals surface area contributed by atoms with Crippen LogP contribution in [0.2, 0.25) is 5.02 Å². The highest BCUT2D eigenvalue weighted by Gasteiger charge is 2.26. The van der Waals surface area contributed by atoms with E-state index in [2.05, 4.69) is 20.9 Å². The van der Waals surface area contributed by atoms with Crippen molar-refractivity contribution < 1.29 is 9.59 Å². The van der Waals surface area contributed by atoms with E-state index in [-0.39, 0.29) is 11.9 Å². The van der Waals surface area contributed by atoms with E-state index in [1.807, 2.05) is 36.4 Å². The number of aromatic amines is 1. The van der Waals surface area contributed by atoms with Gasteiger partial charge in [0, 0.05) is 71.2 Å². The summed E-state index contributed by atoms with van der Waals surface area (Å²) in [4.78, 5) is 29.9. The lowest BCUT2D eigenvalue weighted by atomic mass is 10.0. The van der Waals surface area contributed by atoms with Crippen LogP contribution in [0.25, 0.3) is 22.2 Å². The van der Waals surface area contributed by atoms with Crippen molar-refractivity contribution in [2.75, 3.05) is 31.5 Å². The molecular formula is C21H20ClN5O2. The zero-order valence-electron chi connectivity index (χ0n) is 15.6. The van der Waals surface area contributed by atoms with Crippen molar-refractivity contribution in [3.8, 4) is 11.3 Å². The molecular weight excluding hydrogens is 390 g/mol. The Bertz CT molecular complexity index is 1130. The van der Waals surface area contributed by atoms with Gasteiger partial charge in [-0.3, -0.25) is 4.79 Å². The second kappa shape index (κ2) is 7.09. The smallest absolute Gasteiger partial charge is 0.321 e. The topological polar surface area (TPSA) is 89.3 Å². The third-order valence-corrected chi connectivity index (χ3v) is 5.83. The van der Waals surface area contributed by atoms with Gasteiger partial charge in [-0.25, -0.2) is 4.79 Å². The average Bonchev–Trinajstić information content (AvgIpc) is 3.33. The van der Waals surface area contributed by atoms with Crippen molar-refractivity contribution in [1.82, 2.24) is 20.5 Å². The molecule has 0 aliphatic carbocycles. The normalized spacial score (nSPS) is 16.0. The largest absolute Gasteiger partial charge is 0.355 e. The molecule has 2 aliphatic rings. The monoisotopic (exact) mass is 409 g/mol. The van der Waals surface area contributed by atoms with E-state index in [9.17, 15) is 9.59 Å². The van der Waals surface area contributed by atoms with Crippen LogP contribution in [-0.2, 0) is 6.54 Å². The third kappa shape index (κ3) is 3.22. The number of fused-ring (bicyclic) bond motifs is 2. The zero-order chi connectivity index (χ0) is 20.0. The molecule has 2 aliphatic heterocycles. The number of piperazine rings is 1. The van der Waals surface area contributed by atoms with Crippen molar-refractivity contribution in [2.45, 2.75) is 6.54 Å². The molecule has 0 bridgehead atoms. The minimum absolute atomic E-state index is 0.0891. The number of anilines is 1. The number of rotatable bonds is 2. The van der Waals surface area contributed by atoms with Gasteiger partial charge in [0.2, 0.25) is 0 Å². The van der Waals surface area contributed by atoms with Crippen LogP contribution in [0.3, 0.4) is 0 Å². The van der Waals surface area contributed by atoms with Crippen molar-refractivity contribution in [3.05, 3.63) is 52.5 Å². The Morgan fingerprint density at radius 3 is 2.76 bits per heavy atom. The molecule has 3 aromatic rings. The van der Waals surface area contributed by atoms with Gasteiger partial charge in [-0.05, 0) is 30.3 Å². The summed E-state index contributed by atoms with van der Waals surface area (Å²) in [7, 11) is 0. The summed E-state index contributed by atoms with van der Waals surface area (Å²) < 4.78 is 0. The Morgan fingerprint density at radius 1 is 1.10 bits per heavy atom. The van der Waals surface area contributed by atoms with Gasteiger partial charge in [0.15, 0.2) is 0 Å². The van der Waals surface area contributed by atoms with Gasteiger partial charge >= 0.3 is 6.03 Å². The van der Waals surface area contributed by atoms with Gasteiger partial charge in [0.1, 0.15) is 0 Å². The van der Waals surface area contributed by atoms with E-state index < -0.39 is 0 Å². The number of benzene rings is 2. The van der Waals surface area contributed by atoms with Crippen molar-refractivity contribution >= 4 is 40.1 Å². The standard InChI is InChI=1S/C21H20ClN5O2/c22-16-3-2-14(19-15(16)11-24-20(19)28)18-10-12-9-13(1-4-17(12)26-18)25-21(29)27-7-5-23-6-8-27/h1-4,9-10,23,26H,5-8,11H2,(H,24,28)(H,25,29). The van der Waals surface area contributed by atoms with Gasteiger partial charge in [-0.15, -0.1) is 0 Å². The molecule has 8 heteroatoms. The van der Waals surface area contributed by atoms with Crippen LogP contribution >= 0.6 is 11.6 Å². The fraction of sp³-hybridized carbons (Fsp3) is 0.238. The minimum Gasteiger partial charge on any atom is -0.355 e. The number of aromatic nitrogens is 1. The highest BCUT2D eigenvalue weighted by molar-refractivity contribution is 6.32. The highest BCUT2D eigenvalue weighted by atomic mass is 35.5. The molecule has 3 amide bonds. The summed E-state index contributed by atoms with van der Waals surface area (Å²) >= 11 is 6.26. The fourth-order valence-electron chi connectivity index (χ4n) is 3.96. The minimum atomic E-state index is -0.111. The Balaban J connectivity index is 1.46. The Kier molecular flexibility index (Phi) is 4.41. The van der Waals surface area contributed by atoms with Crippen LogP contribution in [0.5, 0.6) is 0 Å². The summed E-state index contributed by atoms with van der Waals surface area (Å²) in [5.41, 5.74) is 4.79. The molecule has 0 saturated carbocycles. The quantitative estimate of drug-likeness (QED) is 0.524. The van der Waals surface area contributed by atoms with Crippen LogP contribution in [0.1, 0.15) is 15.9 Å². The maximum absolute atomic E-state index is 12.4. The lowest BCUT2D eigenvalue weighted by molar-refractivity contribution is 0.0966. The molecule has 0 spiro atoms. The maximum Gasteiger partial charge on any atom is 0.321 e. The summed E-state index contributed by atoms with van der Waals surface area (Å²) in [6.07, 6.45) is 0. The number of nitrogens with one attached hydrogen (secondary N) is 4. The van der Waals surface area contributed by atoms with Crippen LogP contribution in [0.15, 0.2) is 36.4 Å². The summed E-state index contributed by atoms with van der Waals surface area (Å²) in [6.45, 7) is 3.47. The number of H-pyrrole nitrogens is 1. The SMILES string of the molecule is O=C1NCc2c(Cl)ccc(-c3cc4cc(NC(=O)N5CCNCC5)ccc4[nH]3)c21. The van der Waals surface area contributed by atoms with Gasteiger partial charge in [0.25, 0.3) is 5.91 Å². The maximum atomic E-state index is 12.4. The predicted molar refractivity (Wildman–Crippen MR) is 113 cm³/mol. The molecule has 5 rings (SSSR count). The van der Waals surface area contributed by atoms with Gasteiger partial charge in [0.05, 0.1) is 5.56 Å². The number of hydrogen-bond acceptors (Lipinski definition) is 3. The first-order valence-electron chi connectivity index (χ1n) is 9.59. The average molecular weight is 410 g/mol. The van der Waals surface area contributed by atoms with E-state index >= 15 is 0 Å². The zero-order valence-corrected chi connectivity index (χ0v) is 16.4. The molecule has 29 heavy (non-hydrogen) atoms. The van der Waals surface area contributed by atoms with Crippen LogP contribution in [0.4, 0.5) is 10.5 Å². The molecule has 4 N–H and O–H groups in total. The van der Waals surface area contributed by atoms with Crippen LogP contribution in [-0.4, -0.2) is 48.0 Å². The first-order valence-corrected chi connectivity index (χ1v) is 9.97. The van der Waals surface area contributed by atoms with E-state index in [0.717, 1.165) is 46.5 Å². The number of halogens is 1. The molecule has 3 heterocycles. The fourth-order valence-corrected chi connectivity index (χ4v) is 4.19. The molecule has 1 fully saturated rings. The Hall–Kier alpha value is -3.03. The summed E-state index contributed by atoms with van der Waals surface area (Å²) in [5.74, 6) is -0.111. The van der Waals surface area contributed by atoms with Crippen LogP contribution < -0.4 is 16.0 Å². The predicted octanol–water partition coefficient (Wildman–Crippen LogP) is 3.17. The summed E-state index contributed by atoms with van der Waals surface area (Å²) in [5, 5.41) is 10.6. The van der Waals surface area contributed by atoms with E-state index in [0.29, 0.717) is 30.2 Å². The van der Waals surface area contributed by atoms with E-state index in [4.69, 9.17) is 11.6 Å². The van der Waals surface area contributed by atoms with Gasteiger partial charge < -0.3 is 25.8 Å². The molecule has 2 aromatic carbocycles. The Morgan fingerprint density at radius 2 is 1.93 bits per heavy atom. The van der Waals surface area contributed by atoms with Crippen molar-refractivity contribution in [1.29, 1.82) is 0 Å². The lowest BCUT2D eigenvalue weighted by Gasteiger charge is -2.27. The van der Waals surface area contributed by atoms with Gasteiger partial charge in [-0.1, -0.05) is 17.7 Å². The Labute approximate surface area is 172 Å². The van der Waals surface area contributed by atoms with Crippen LogP contribution in [0, 0.1) is 0 Å². The molecule has 0 radical (unpaired) electrons. The second-order valence-electron chi connectivity index (χ2n) is 7.28. The molecule has 1 saturated heterocycles. The second-order valence-corrected chi connectivity index (χ2v) is 7.69.